The van der Waals surface area contributed by atoms with E-state index in [1.54, 1.807) is 7.11 Å². The zero-order valence-corrected chi connectivity index (χ0v) is 10.9. The molecule has 1 aliphatic heterocycles. The maximum Gasteiger partial charge on any atom is 0.164 e. The minimum absolute atomic E-state index is 0.252. The van der Waals surface area contributed by atoms with Gasteiger partial charge in [0.1, 0.15) is 5.60 Å². The van der Waals surface area contributed by atoms with Gasteiger partial charge < -0.3 is 9.47 Å². The average molecular weight is 240 g/mol. The van der Waals surface area contributed by atoms with Gasteiger partial charge in [0.25, 0.3) is 0 Å². The number of carbonyl (C=O) groups is 1. The highest BCUT2D eigenvalue weighted by atomic mass is 16.5. The molecule has 0 unspecified atom stereocenters. The molecule has 0 amide bonds. The number of rotatable bonds is 8. The van der Waals surface area contributed by atoms with Crippen molar-refractivity contribution in [3.8, 4) is 0 Å². The van der Waals surface area contributed by atoms with Gasteiger partial charge in [0.05, 0.1) is 0 Å². The Morgan fingerprint density at radius 2 is 2.06 bits per heavy atom. The predicted molar refractivity (Wildman–Crippen MR) is 68.1 cm³/mol. The summed E-state index contributed by atoms with van der Waals surface area (Å²) in [5.41, 5.74) is -0.559. The first-order chi connectivity index (χ1) is 8.25. The van der Waals surface area contributed by atoms with Crippen LogP contribution in [0.2, 0.25) is 0 Å². The number of Topliss-reactive ketones (excluding diaryl/α,β-unsaturated/α-hetero) is 1. The fraction of sp³-hybridized carbons (Fsp3) is 0.786. The van der Waals surface area contributed by atoms with E-state index in [0.717, 1.165) is 25.7 Å². The lowest BCUT2D eigenvalue weighted by Crippen LogP contribution is -2.45. The topological polar surface area (TPSA) is 35.5 Å². The van der Waals surface area contributed by atoms with Gasteiger partial charge in [-0.3, -0.25) is 4.79 Å². The smallest absolute Gasteiger partial charge is 0.164 e. The van der Waals surface area contributed by atoms with Crippen molar-refractivity contribution in [2.45, 2.75) is 50.5 Å². The van der Waals surface area contributed by atoms with Crippen LogP contribution in [0.5, 0.6) is 0 Å². The predicted octanol–water partition coefficient (Wildman–Crippen LogP) is 2.89. The third kappa shape index (κ3) is 4.25. The Morgan fingerprint density at radius 3 is 2.65 bits per heavy atom. The lowest BCUT2D eigenvalue weighted by molar-refractivity contribution is -0.152. The highest BCUT2D eigenvalue weighted by Gasteiger charge is 2.39. The molecule has 0 saturated carbocycles. The van der Waals surface area contributed by atoms with Crippen molar-refractivity contribution in [1.82, 2.24) is 0 Å². The minimum Gasteiger partial charge on any atom is -0.381 e. The maximum absolute atomic E-state index is 12.2. The van der Waals surface area contributed by atoms with Crippen LogP contribution in [0, 0.1) is 0 Å². The molecule has 98 valence electrons. The molecule has 0 radical (unpaired) electrons. The van der Waals surface area contributed by atoms with E-state index in [1.807, 2.05) is 6.08 Å². The lowest BCUT2D eigenvalue weighted by Gasteiger charge is -2.34. The van der Waals surface area contributed by atoms with E-state index in [1.165, 1.54) is 0 Å². The van der Waals surface area contributed by atoms with E-state index in [0.29, 0.717) is 32.5 Å². The van der Waals surface area contributed by atoms with Crippen LogP contribution < -0.4 is 0 Å². The Morgan fingerprint density at radius 1 is 1.35 bits per heavy atom. The van der Waals surface area contributed by atoms with E-state index < -0.39 is 5.60 Å². The number of ketones is 1. The van der Waals surface area contributed by atoms with Crippen LogP contribution in [0.3, 0.4) is 0 Å². The zero-order chi connectivity index (χ0) is 12.6. The van der Waals surface area contributed by atoms with Gasteiger partial charge in [-0.2, -0.15) is 0 Å². The zero-order valence-electron chi connectivity index (χ0n) is 10.9. The van der Waals surface area contributed by atoms with E-state index in [9.17, 15) is 4.79 Å². The number of methoxy groups -OCH3 is 1. The summed E-state index contributed by atoms with van der Waals surface area (Å²) in [6, 6.07) is 0. The minimum atomic E-state index is -0.559. The fourth-order valence-electron chi connectivity index (χ4n) is 2.28. The number of hydrogen-bond acceptors (Lipinski definition) is 3. The number of unbranched alkanes of at least 4 members (excludes halogenated alkanes) is 3. The van der Waals surface area contributed by atoms with Crippen molar-refractivity contribution >= 4 is 5.78 Å². The molecule has 0 atom stereocenters. The molecule has 0 N–H and O–H groups in total. The van der Waals surface area contributed by atoms with E-state index in [2.05, 4.69) is 6.58 Å². The molecular weight excluding hydrogens is 216 g/mol. The molecule has 0 spiro atoms. The highest BCUT2D eigenvalue weighted by Crippen LogP contribution is 2.27. The van der Waals surface area contributed by atoms with Gasteiger partial charge in [-0.1, -0.05) is 12.5 Å². The monoisotopic (exact) mass is 240 g/mol. The van der Waals surface area contributed by atoms with Crippen LogP contribution in [0.4, 0.5) is 0 Å². The van der Waals surface area contributed by atoms with Gasteiger partial charge in [-0.15, -0.1) is 6.58 Å². The molecule has 1 fully saturated rings. The van der Waals surface area contributed by atoms with E-state index in [4.69, 9.17) is 9.47 Å². The number of carbonyl (C=O) groups excluding carboxylic acids is 1. The van der Waals surface area contributed by atoms with Gasteiger partial charge in [-0.25, -0.2) is 0 Å². The van der Waals surface area contributed by atoms with Crippen molar-refractivity contribution in [3.63, 3.8) is 0 Å². The van der Waals surface area contributed by atoms with Crippen molar-refractivity contribution in [2.24, 2.45) is 0 Å². The van der Waals surface area contributed by atoms with Crippen LogP contribution in [0.25, 0.3) is 0 Å². The Balaban J connectivity index is 2.30. The van der Waals surface area contributed by atoms with Crippen LogP contribution in [0.15, 0.2) is 12.7 Å². The third-order valence-electron chi connectivity index (χ3n) is 3.51. The van der Waals surface area contributed by atoms with Crippen molar-refractivity contribution in [3.05, 3.63) is 12.7 Å². The molecule has 1 saturated heterocycles. The second-order valence-corrected chi connectivity index (χ2v) is 4.62. The second-order valence-electron chi connectivity index (χ2n) is 4.62. The molecule has 3 nitrogen and oxygen atoms in total. The largest absolute Gasteiger partial charge is 0.381 e. The summed E-state index contributed by atoms with van der Waals surface area (Å²) >= 11 is 0. The van der Waals surface area contributed by atoms with Crippen molar-refractivity contribution < 1.29 is 14.3 Å². The first-order valence-electron chi connectivity index (χ1n) is 6.52. The normalized spacial score (nSPS) is 18.9. The first kappa shape index (κ1) is 14.4. The molecule has 1 heterocycles. The summed E-state index contributed by atoms with van der Waals surface area (Å²) in [7, 11) is 1.64. The van der Waals surface area contributed by atoms with Gasteiger partial charge >= 0.3 is 0 Å². The Hall–Kier alpha value is -0.670. The quantitative estimate of drug-likeness (QED) is 0.483. The first-order valence-corrected chi connectivity index (χ1v) is 6.52. The Kier molecular flexibility index (Phi) is 6.45. The van der Waals surface area contributed by atoms with Crippen LogP contribution in [0.1, 0.15) is 44.9 Å². The number of allylic oxidation sites excluding steroid dienone is 1. The van der Waals surface area contributed by atoms with Crippen molar-refractivity contribution in [1.29, 1.82) is 0 Å². The van der Waals surface area contributed by atoms with Gasteiger partial charge in [0.15, 0.2) is 5.78 Å². The van der Waals surface area contributed by atoms with Crippen LogP contribution in [-0.4, -0.2) is 31.7 Å². The molecular formula is C14H24O3. The lowest BCUT2D eigenvalue weighted by atomic mass is 9.86. The third-order valence-corrected chi connectivity index (χ3v) is 3.51. The number of ether oxygens (including phenoxy) is 2. The SMILES string of the molecule is C=CCCCCCC(=O)C1(OC)CCOCC1. The van der Waals surface area contributed by atoms with Crippen molar-refractivity contribution in [2.75, 3.05) is 20.3 Å². The van der Waals surface area contributed by atoms with Gasteiger partial charge in [0, 0.05) is 39.6 Å². The Labute approximate surface area is 104 Å². The summed E-state index contributed by atoms with van der Waals surface area (Å²) in [5.74, 6) is 0.252. The standard InChI is InChI=1S/C14H24O3/c1-3-4-5-6-7-8-13(15)14(16-2)9-11-17-12-10-14/h3H,1,4-12H2,2H3. The molecule has 0 aromatic heterocycles. The van der Waals surface area contributed by atoms with E-state index >= 15 is 0 Å². The molecule has 1 aliphatic rings. The molecule has 0 bridgehead atoms. The van der Waals surface area contributed by atoms with Gasteiger partial charge in [0.2, 0.25) is 0 Å². The molecule has 0 aromatic rings. The second kappa shape index (κ2) is 7.62. The average Bonchev–Trinajstić information content (AvgIpc) is 2.39. The summed E-state index contributed by atoms with van der Waals surface area (Å²) in [5, 5.41) is 0. The molecule has 0 aliphatic carbocycles. The molecule has 1 rings (SSSR count). The Bertz CT molecular complexity index is 242. The summed E-state index contributed by atoms with van der Waals surface area (Å²) in [6.07, 6.45) is 8.18. The summed E-state index contributed by atoms with van der Waals surface area (Å²) in [6.45, 7) is 4.96. The van der Waals surface area contributed by atoms with E-state index in [-0.39, 0.29) is 5.78 Å². The number of hydrogen-bond donors (Lipinski definition) is 0. The summed E-state index contributed by atoms with van der Waals surface area (Å²) in [4.78, 5) is 12.2. The highest BCUT2D eigenvalue weighted by molar-refractivity contribution is 5.87. The molecule has 17 heavy (non-hydrogen) atoms. The maximum atomic E-state index is 12.2. The summed E-state index contributed by atoms with van der Waals surface area (Å²) < 4.78 is 10.8. The molecule has 3 heteroatoms. The van der Waals surface area contributed by atoms with Gasteiger partial charge in [-0.05, 0) is 19.3 Å². The van der Waals surface area contributed by atoms with Crippen LogP contribution in [-0.2, 0) is 14.3 Å². The molecule has 0 aromatic carbocycles. The fourth-order valence-corrected chi connectivity index (χ4v) is 2.28. The van der Waals surface area contributed by atoms with Crippen LogP contribution >= 0.6 is 0 Å².